The van der Waals surface area contributed by atoms with Gasteiger partial charge in [-0.05, 0) is 42.7 Å². The van der Waals surface area contributed by atoms with Gasteiger partial charge < -0.3 is 14.2 Å². The van der Waals surface area contributed by atoms with E-state index in [9.17, 15) is 4.79 Å². The number of para-hydroxylation sites is 1. The van der Waals surface area contributed by atoms with E-state index >= 15 is 0 Å². The molecule has 0 aliphatic carbocycles. The quantitative estimate of drug-likeness (QED) is 0.499. The molecule has 2 aliphatic heterocycles. The smallest absolute Gasteiger partial charge is 0.233 e. The maximum atomic E-state index is 13.4. The number of carbonyl (C=O) groups is 1. The Morgan fingerprint density at radius 2 is 1.97 bits per heavy atom. The molecule has 3 aromatic rings. The highest BCUT2D eigenvalue weighted by atomic mass is 35.5. The molecule has 2 aromatic carbocycles. The molecule has 0 saturated carbocycles. The van der Waals surface area contributed by atoms with Gasteiger partial charge in [0.1, 0.15) is 0 Å². The molecule has 1 aromatic heterocycles. The molecule has 7 nitrogen and oxygen atoms in total. The van der Waals surface area contributed by atoms with Crippen LogP contribution in [0.15, 0.2) is 36.4 Å². The minimum Gasteiger partial charge on any atom is -0.454 e. The topological polar surface area (TPSA) is 64.1 Å². The first-order chi connectivity index (χ1) is 15.7. The summed E-state index contributed by atoms with van der Waals surface area (Å²) in [5.41, 5.74) is 3.01. The van der Waals surface area contributed by atoms with E-state index in [0.717, 1.165) is 71.5 Å². The summed E-state index contributed by atoms with van der Waals surface area (Å²) in [5, 5.41) is 0.766. The van der Waals surface area contributed by atoms with Gasteiger partial charge in [0.15, 0.2) is 16.6 Å². The number of hydrogen-bond acceptors (Lipinski definition) is 7. The van der Waals surface area contributed by atoms with E-state index in [1.54, 1.807) is 11.3 Å². The van der Waals surface area contributed by atoms with Crippen LogP contribution in [-0.4, -0.2) is 62.0 Å². The number of halogens is 1. The summed E-state index contributed by atoms with van der Waals surface area (Å²) in [6.07, 6.45) is 1.19. The highest BCUT2D eigenvalue weighted by Crippen LogP contribution is 2.34. The zero-order valence-electron chi connectivity index (χ0n) is 18.6. The number of rotatable bonds is 7. The standard InChI is InChI=1S/C24H27N3O4S.ClH/c1-17-4-2-5-21-23(17)25-24(32-21)27(9-3-8-26-10-12-29-13-11-26)22(28)15-18-6-7-19-20(14-18)31-16-30-19;/h2,4-7,14H,3,8-13,15-16H2,1H3;1H. The van der Waals surface area contributed by atoms with Crippen molar-refractivity contribution in [3.8, 4) is 11.5 Å². The number of benzene rings is 2. The fourth-order valence-corrected chi connectivity index (χ4v) is 5.20. The lowest BCUT2D eigenvalue weighted by atomic mass is 10.1. The first-order valence-corrected chi connectivity index (χ1v) is 11.8. The number of anilines is 1. The number of aromatic nitrogens is 1. The first kappa shape index (κ1) is 23.8. The number of nitrogens with zero attached hydrogens (tertiary/aromatic N) is 3. The second-order valence-electron chi connectivity index (χ2n) is 8.14. The summed E-state index contributed by atoms with van der Waals surface area (Å²) in [5.74, 6) is 1.47. The Morgan fingerprint density at radius 3 is 2.79 bits per heavy atom. The third kappa shape index (κ3) is 5.41. The molecule has 0 spiro atoms. The van der Waals surface area contributed by atoms with Gasteiger partial charge in [-0.25, -0.2) is 4.98 Å². The molecule has 5 rings (SSSR count). The van der Waals surface area contributed by atoms with Gasteiger partial charge in [-0.3, -0.25) is 14.6 Å². The van der Waals surface area contributed by atoms with Crippen molar-refractivity contribution in [3.63, 3.8) is 0 Å². The minimum absolute atomic E-state index is 0. The Morgan fingerprint density at radius 1 is 1.15 bits per heavy atom. The van der Waals surface area contributed by atoms with Crippen molar-refractivity contribution >= 4 is 45.0 Å². The van der Waals surface area contributed by atoms with E-state index in [1.165, 1.54) is 0 Å². The van der Waals surface area contributed by atoms with E-state index in [-0.39, 0.29) is 25.1 Å². The van der Waals surface area contributed by atoms with Crippen molar-refractivity contribution < 1.29 is 19.0 Å². The van der Waals surface area contributed by atoms with Gasteiger partial charge in [0.2, 0.25) is 12.7 Å². The lowest BCUT2D eigenvalue weighted by Crippen LogP contribution is -2.39. The normalized spacial score (nSPS) is 15.4. The number of aryl methyl sites for hydroxylation is 1. The Kier molecular flexibility index (Phi) is 7.70. The van der Waals surface area contributed by atoms with Gasteiger partial charge in [-0.2, -0.15) is 0 Å². The lowest BCUT2D eigenvalue weighted by molar-refractivity contribution is -0.118. The summed E-state index contributed by atoms with van der Waals surface area (Å²) >= 11 is 1.58. The number of fused-ring (bicyclic) bond motifs is 2. The predicted octanol–water partition coefficient (Wildman–Crippen LogP) is 4.05. The number of carbonyl (C=O) groups excluding carboxylic acids is 1. The molecule has 0 radical (unpaired) electrons. The van der Waals surface area contributed by atoms with E-state index < -0.39 is 0 Å². The van der Waals surface area contributed by atoms with Gasteiger partial charge in [-0.15, -0.1) is 12.4 Å². The number of morpholine rings is 1. The number of amides is 1. The molecule has 33 heavy (non-hydrogen) atoms. The van der Waals surface area contributed by atoms with Crippen LogP contribution in [0.4, 0.5) is 5.13 Å². The van der Waals surface area contributed by atoms with Crippen LogP contribution in [0.1, 0.15) is 17.5 Å². The van der Waals surface area contributed by atoms with Crippen LogP contribution in [0.3, 0.4) is 0 Å². The molecule has 0 atom stereocenters. The minimum atomic E-state index is 0. The number of ether oxygens (including phenoxy) is 3. The molecule has 9 heteroatoms. The van der Waals surface area contributed by atoms with E-state index in [4.69, 9.17) is 19.2 Å². The second-order valence-corrected chi connectivity index (χ2v) is 9.14. The zero-order valence-corrected chi connectivity index (χ0v) is 20.3. The van der Waals surface area contributed by atoms with Crippen LogP contribution in [0.25, 0.3) is 10.2 Å². The fraction of sp³-hybridized carbons (Fsp3) is 0.417. The first-order valence-electron chi connectivity index (χ1n) is 11.0. The highest BCUT2D eigenvalue weighted by Gasteiger charge is 2.22. The molecule has 176 valence electrons. The maximum Gasteiger partial charge on any atom is 0.233 e. The molecule has 3 heterocycles. The van der Waals surface area contributed by atoms with Gasteiger partial charge >= 0.3 is 0 Å². The second kappa shape index (κ2) is 10.7. The highest BCUT2D eigenvalue weighted by molar-refractivity contribution is 7.22. The average molecular weight is 490 g/mol. The van der Waals surface area contributed by atoms with Crippen molar-refractivity contribution in [2.24, 2.45) is 0 Å². The largest absolute Gasteiger partial charge is 0.454 e. The maximum absolute atomic E-state index is 13.4. The van der Waals surface area contributed by atoms with Gasteiger partial charge in [0.05, 0.1) is 29.9 Å². The van der Waals surface area contributed by atoms with Gasteiger partial charge in [0, 0.05) is 26.2 Å². The molecular weight excluding hydrogens is 462 g/mol. The van der Waals surface area contributed by atoms with E-state index in [1.807, 2.05) is 29.2 Å². The summed E-state index contributed by atoms with van der Waals surface area (Å²) in [6, 6.07) is 11.9. The Balaban J connectivity index is 0.00000259. The fourth-order valence-electron chi connectivity index (χ4n) is 4.12. The third-order valence-corrected chi connectivity index (χ3v) is 6.94. The predicted molar refractivity (Wildman–Crippen MR) is 132 cm³/mol. The monoisotopic (exact) mass is 489 g/mol. The summed E-state index contributed by atoms with van der Waals surface area (Å²) in [7, 11) is 0. The molecular formula is C24H28ClN3O4S. The molecule has 2 aliphatic rings. The molecule has 1 fully saturated rings. The molecule has 0 unspecified atom stereocenters. The Labute approximate surface area is 203 Å². The molecule has 0 bridgehead atoms. The summed E-state index contributed by atoms with van der Waals surface area (Å²) < 4.78 is 17.4. The lowest BCUT2D eigenvalue weighted by Gasteiger charge is -2.27. The average Bonchev–Trinajstić information content (AvgIpc) is 3.44. The van der Waals surface area contributed by atoms with Crippen molar-refractivity contribution in [1.82, 2.24) is 9.88 Å². The van der Waals surface area contributed by atoms with Gasteiger partial charge in [0.25, 0.3) is 0 Å². The number of hydrogen-bond donors (Lipinski definition) is 0. The van der Waals surface area contributed by atoms with Crippen LogP contribution >= 0.6 is 23.7 Å². The molecule has 1 saturated heterocycles. The summed E-state index contributed by atoms with van der Waals surface area (Å²) in [4.78, 5) is 22.5. The Hall–Kier alpha value is -2.39. The van der Waals surface area contributed by atoms with Crippen LogP contribution in [-0.2, 0) is 16.0 Å². The van der Waals surface area contributed by atoms with E-state index in [2.05, 4.69) is 24.0 Å². The Bertz CT molecular complexity index is 1120. The van der Waals surface area contributed by atoms with Crippen LogP contribution in [0.2, 0.25) is 0 Å². The van der Waals surface area contributed by atoms with Crippen LogP contribution in [0, 0.1) is 6.92 Å². The van der Waals surface area contributed by atoms with Crippen LogP contribution < -0.4 is 14.4 Å². The van der Waals surface area contributed by atoms with Crippen molar-refractivity contribution in [2.75, 3.05) is 51.1 Å². The number of thiazole rings is 1. The molecule has 1 amide bonds. The van der Waals surface area contributed by atoms with Crippen molar-refractivity contribution in [2.45, 2.75) is 19.8 Å². The third-order valence-electron chi connectivity index (χ3n) is 5.89. The zero-order chi connectivity index (χ0) is 21.9. The molecule has 0 N–H and O–H groups in total. The van der Waals surface area contributed by atoms with E-state index in [0.29, 0.717) is 18.7 Å². The summed E-state index contributed by atoms with van der Waals surface area (Å²) in [6.45, 7) is 7.33. The van der Waals surface area contributed by atoms with Crippen molar-refractivity contribution in [1.29, 1.82) is 0 Å². The van der Waals surface area contributed by atoms with Gasteiger partial charge in [-0.1, -0.05) is 29.5 Å². The SMILES string of the molecule is Cc1cccc2sc(N(CCCN3CCOCC3)C(=O)Cc3ccc4c(c3)OCO4)nc12.Cl. The van der Waals surface area contributed by atoms with Crippen molar-refractivity contribution in [3.05, 3.63) is 47.5 Å². The van der Waals surface area contributed by atoms with Crippen LogP contribution in [0.5, 0.6) is 11.5 Å².